The summed E-state index contributed by atoms with van der Waals surface area (Å²) in [6, 6.07) is 16.2. The number of hydrazine groups is 1. The predicted molar refractivity (Wildman–Crippen MR) is 117 cm³/mol. The molecule has 0 fully saturated rings. The van der Waals surface area contributed by atoms with E-state index in [2.05, 4.69) is 29.4 Å². The van der Waals surface area contributed by atoms with Gasteiger partial charge in [-0.05, 0) is 59.3 Å². The van der Waals surface area contributed by atoms with Crippen molar-refractivity contribution in [1.29, 1.82) is 0 Å². The van der Waals surface area contributed by atoms with E-state index >= 15 is 0 Å². The number of amides is 2. The van der Waals surface area contributed by atoms with Crippen molar-refractivity contribution in [2.75, 3.05) is 4.72 Å². The van der Waals surface area contributed by atoms with E-state index in [-0.39, 0.29) is 9.77 Å². The Morgan fingerprint density at radius 3 is 1.83 bits per heavy atom. The van der Waals surface area contributed by atoms with Crippen LogP contribution in [0, 0.1) is 0 Å². The van der Waals surface area contributed by atoms with Crippen molar-refractivity contribution < 1.29 is 18.0 Å². The van der Waals surface area contributed by atoms with Gasteiger partial charge in [-0.2, -0.15) is 0 Å². The molecule has 0 atom stereocenters. The normalized spacial score (nSPS) is 11.2. The van der Waals surface area contributed by atoms with Crippen LogP contribution in [-0.2, 0) is 10.0 Å². The Labute approximate surface area is 179 Å². The summed E-state index contributed by atoms with van der Waals surface area (Å²) in [5.74, 6) is -0.589. The molecule has 2 amide bonds. The van der Waals surface area contributed by atoms with Gasteiger partial charge in [-0.15, -0.1) is 11.3 Å². The van der Waals surface area contributed by atoms with E-state index in [1.807, 2.05) is 12.1 Å². The molecule has 2 aromatic carbocycles. The third-order valence-electron chi connectivity index (χ3n) is 4.29. The number of thiophene rings is 1. The molecule has 0 unspecified atom stereocenters. The highest BCUT2D eigenvalue weighted by Crippen LogP contribution is 2.20. The van der Waals surface area contributed by atoms with Gasteiger partial charge in [0.15, 0.2) is 0 Å². The van der Waals surface area contributed by atoms with Gasteiger partial charge in [0.25, 0.3) is 21.8 Å². The third-order valence-corrected chi connectivity index (χ3v) is 7.07. The number of benzene rings is 2. The number of anilines is 1. The van der Waals surface area contributed by atoms with E-state index in [0.717, 1.165) is 16.9 Å². The molecule has 0 saturated heterocycles. The van der Waals surface area contributed by atoms with E-state index in [1.165, 1.54) is 30.3 Å². The molecule has 1 aromatic heterocycles. The standard InChI is InChI=1S/C21H21N3O4S2/c1-14(2)15-5-7-16(8-6-15)20(25)22-23-21(26)17-9-11-18(12-10-17)24-30(27,28)19-4-3-13-29-19/h3-14,24H,1-2H3,(H,22,25)(H,23,26). The molecular formula is C21H21N3O4S2. The Hall–Kier alpha value is -3.17. The molecule has 0 spiro atoms. The number of carbonyl (C=O) groups is 2. The number of sulfonamides is 1. The van der Waals surface area contributed by atoms with Crippen LogP contribution < -0.4 is 15.6 Å². The number of rotatable bonds is 6. The first kappa shape index (κ1) is 21.5. The van der Waals surface area contributed by atoms with Gasteiger partial charge in [-0.25, -0.2) is 8.42 Å². The first-order chi connectivity index (χ1) is 14.3. The molecule has 0 bridgehead atoms. The van der Waals surface area contributed by atoms with E-state index in [0.29, 0.717) is 17.2 Å². The highest BCUT2D eigenvalue weighted by Gasteiger charge is 2.15. The maximum atomic E-state index is 12.2. The zero-order chi connectivity index (χ0) is 21.7. The maximum Gasteiger partial charge on any atom is 0.271 e. The summed E-state index contributed by atoms with van der Waals surface area (Å²) in [6.07, 6.45) is 0. The van der Waals surface area contributed by atoms with Crippen LogP contribution in [0.1, 0.15) is 46.0 Å². The van der Waals surface area contributed by atoms with Gasteiger partial charge in [0.1, 0.15) is 4.21 Å². The lowest BCUT2D eigenvalue weighted by molar-refractivity contribution is 0.0846. The lowest BCUT2D eigenvalue weighted by Gasteiger charge is -2.10. The second kappa shape index (κ2) is 9.10. The van der Waals surface area contributed by atoms with Crippen molar-refractivity contribution in [3.8, 4) is 0 Å². The fourth-order valence-electron chi connectivity index (χ4n) is 2.59. The summed E-state index contributed by atoms with van der Waals surface area (Å²) in [4.78, 5) is 24.4. The zero-order valence-corrected chi connectivity index (χ0v) is 18.0. The summed E-state index contributed by atoms with van der Waals surface area (Å²) in [7, 11) is -3.65. The average molecular weight is 444 g/mol. The summed E-state index contributed by atoms with van der Waals surface area (Å²) in [6.45, 7) is 4.13. The van der Waals surface area contributed by atoms with Crippen molar-refractivity contribution in [1.82, 2.24) is 10.9 Å². The van der Waals surface area contributed by atoms with Crippen LogP contribution in [0.15, 0.2) is 70.3 Å². The Kier molecular flexibility index (Phi) is 6.53. The van der Waals surface area contributed by atoms with Crippen LogP contribution in [0.5, 0.6) is 0 Å². The third kappa shape index (κ3) is 5.25. The minimum absolute atomic E-state index is 0.202. The molecule has 0 radical (unpaired) electrons. The van der Waals surface area contributed by atoms with Crippen LogP contribution >= 0.6 is 11.3 Å². The van der Waals surface area contributed by atoms with Gasteiger partial charge in [0, 0.05) is 16.8 Å². The van der Waals surface area contributed by atoms with Gasteiger partial charge < -0.3 is 0 Å². The Morgan fingerprint density at radius 2 is 1.37 bits per heavy atom. The van der Waals surface area contributed by atoms with E-state index in [9.17, 15) is 18.0 Å². The van der Waals surface area contributed by atoms with Crippen molar-refractivity contribution in [2.45, 2.75) is 24.0 Å². The summed E-state index contributed by atoms with van der Waals surface area (Å²) >= 11 is 1.11. The predicted octanol–water partition coefficient (Wildman–Crippen LogP) is 3.75. The maximum absolute atomic E-state index is 12.2. The van der Waals surface area contributed by atoms with E-state index in [1.54, 1.807) is 23.6 Å². The molecule has 30 heavy (non-hydrogen) atoms. The Balaban J connectivity index is 1.57. The molecule has 3 rings (SSSR count). The SMILES string of the molecule is CC(C)c1ccc(C(=O)NNC(=O)c2ccc(NS(=O)(=O)c3cccs3)cc2)cc1. The average Bonchev–Trinajstić information content (AvgIpc) is 3.28. The molecule has 3 N–H and O–H groups in total. The molecule has 156 valence electrons. The van der Waals surface area contributed by atoms with Crippen LogP contribution in [0.2, 0.25) is 0 Å². The number of nitrogens with one attached hydrogen (secondary N) is 3. The molecule has 1 heterocycles. The second-order valence-corrected chi connectivity index (χ2v) is 9.66. The lowest BCUT2D eigenvalue weighted by atomic mass is 10.0. The van der Waals surface area contributed by atoms with Gasteiger partial charge in [0.2, 0.25) is 0 Å². The van der Waals surface area contributed by atoms with Gasteiger partial charge in [-0.3, -0.25) is 25.2 Å². The number of carbonyl (C=O) groups excluding carboxylic acids is 2. The summed E-state index contributed by atoms with van der Waals surface area (Å²) < 4.78 is 27.1. The Bertz CT molecular complexity index is 1120. The molecule has 0 aliphatic heterocycles. The molecule has 7 nitrogen and oxygen atoms in total. The van der Waals surface area contributed by atoms with Crippen LogP contribution in [0.3, 0.4) is 0 Å². The zero-order valence-electron chi connectivity index (χ0n) is 16.4. The molecule has 0 saturated carbocycles. The van der Waals surface area contributed by atoms with E-state index < -0.39 is 21.8 Å². The molecule has 9 heteroatoms. The van der Waals surface area contributed by atoms with Crippen LogP contribution in [0.25, 0.3) is 0 Å². The minimum atomic E-state index is -3.65. The van der Waals surface area contributed by atoms with Gasteiger partial charge >= 0.3 is 0 Å². The minimum Gasteiger partial charge on any atom is -0.279 e. The van der Waals surface area contributed by atoms with Crippen molar-refractivity contribution in [3.05, 3.63) is 82.7 Å². The molecule has 0 aliphatic carbocycles. The Morgan fingerprint density at radius 1 is 0.833 bits per heavy atom. The fourth-order valence-corrected chi connectivity index (χ4v) is 4.64. The molecular weight excluding hydrogens is 422 g/mol. The summed E-state index contributed by atoms with van der Waals surface area (Å²) in [5.41, 5.74) is 6.86. The number of hydrogen-bond donors (Lipinski definition) is 3. The fraction of sp³-hybridized carbons (Fsp3) is 0.143. The molecule has 3 aromatic rings. The largest absolute Gasteiger partial charge is 0.279 e. The van der Waals surface area contributed by atoms with Crippen molar-refractivity contribution in [2.24, 2.45) is 0 Å². The summed E-state index contributed by atoms with van der Waals surface area (Å²) in [5, 5.41) is 1.68. The lowest BCUT2D eigenvalue weighted by Crippen LogP contribution is -2.41. The quantitative estimate of drug-likeness (QED) is 0.505. The topological polar surface area (TPSA) is 104 Å². The molecule has 0 aliphatic rings. The van der Waals surface area contributed by atoms with Crippen molar-refractivity contribution >= 4 is 38.9 Å². The van der Waals surface area contributed by atoms with Crippen molar-refractivity contribution in [3.63, 3.8) is 0 Å². The number of hydrogen-bond acceptors (Lipinski definition) is 5. The smallest absolute Gasteiger partial charge is 0.271 e. The van der Waals surface area contributed by atoms with Crippen LogP contribution in [-0.4, -0.2) is 20.2 Å². The highest BCUT2D eigenvalue weighted by molar-refractivity contribution is 7.94. The van der Waals surface area contributed by atoms with E-state index in [4.69, 9.17) is 0 Å². The van der Waals surface area contributed by atoms with Gasteiger partial charge in [-0.1, -0.05) is 32.0 Å². The highest BCUT2D eigenvalue weighted by atomic mass is 32.2. The first-order valence-corrected chi connectivity index (χ1v) is 11.5. The first-order valence-electron chi connectivity index (χ1n) is 9.13. The van der Waals surface area contributed by atoms with Gasteiger partial charge in [0.05, 0.1) is 0 Å². The van der Waals surface area contributed by atoms with Crippen LogP contribution in [0.4, 0.5) is 5.69 Å². The second-order valence-electron chi connectivity index (χ2n) is 6.80. The monoisotopic (exact) mass is 443 g/mol.